The standard InChI is InChI=1S/C17H27N3OS/c1-13-12-22-15(18-13)14(2)19-16(21)17(8-4-3-5-9-17)20-10-6-7-11-20/h12,14H,3-11H2,1-2H3,(H,19,21)/t14-/m1/s1. The second-order valence-corrected chi connectivity index (χ2v) is 7.70. The van der Waals surface area contributed by atoms with E-state index < -0.39 is 0 Å². The molecule has 1 aromatic heterocycles. The summed E-state index contributed by atoms with van der Waals surface area (Å²) in [4.78, 5) is 20.1. The van der Waals surface area contributed by atoms with Gasteiger partial charge in [0.2, 0.25) is 5.91 Å². The number of rotatable bonds is 4. The number of amides is 1. The molecule has 0 bridgehead atoms. The zero-order valence-electron chi connectivity index (χ0n) is 13.7. The molecule has 0 aromatic carbocycles. The van der Waals surface area contributed by atoms with Gasteiger partial charge in [-0.05, 0) is 52.6 Å². The number of aryl methyl sites for hydroxylation is 1. The van der Waals surface area contributed by atoms with Gasteiger partial charge in [0, 0.05) is 11.1 Å². The minimum Gasteiger partial charge on any atom is -0.346 e. The summed E-state index contributed by atoms with van der Waals surface area (Å²) < 4.78 is 0. The first-order valence-electron chi connectivity index (χ1n) is 8.60. The average molecular weight is 321 g/mol. The number of carbonyl (C=O) groups is 1. The van der Waals surface area contributed by atoms with Gasteiger partial charge in [-0.2, -0.15) is 0 Å². The highest BCUT2D eigenvalue weighted by molar-refractivity contribution is 7.09. The fourth-order valence-electron chi connectivity index (χ4n) is 3.93. The van der Waals surface area contributed by atoms with Crippen molar-refractivity contribution in [3.8, 4) is 0 Å². The van der Waals surface area contributed by atoms with Crippen LogP contribution in [0.3, 0.4) is 0 Å². The second kappa shape index (κ2) is 6.67. The second-order valence-electron chi connectivity index (χ2n) is 6.81. The molecule has 0 radical (unpaired) electrons. The molecule has 4 nitrogen and oxygen atoms in total. The first kappa shape index (κ1) is 15.9. The molecule has 3 rings (SSSR count). The minimum absolute atomic E-state index is 0.00704. The third-order valence-electron chi connectivity index (χ3n) is 5.17. The van der Waals surface area contributed by atoms with Crippen LogP contribution in [0.5, 0.6) is 0 Å². The molecule has 1 amide bonds. The molecule has 5 heteroatoms. The lowest BCUT2D eigenvalue weighted by atomic mass is 9.79. The predicted molar refractivity (Wildman–Crippen MR) is 90.0 cm³/mol. The van der Waals surface area contributed by atoms with Gasteiger partial charge in [-0.15, -0.1) is 11.3 Å². The Morgan fingerprint density at radius 2 is 1.95 bits per heavy atom. The zero-order chi connectivity index (χ0) is 15.6. The highest BCUT2D eigenvalue weighted by Crippen LogP contribution is 2.36. The number of likely N-dealkylation sites (tertiary alicyclic amines) is 1. The first-order valence-corrected chi connectivity index (χ1v) is 9.48. The van der Waals surface area contributed by atoms with Gasteiger partial charge in [0.05, 0.1) is 6.04 Å². The molecule has 1 saturated heterocycles. The molecule has 1 N–H and O–H groups in total. The fourth-order valence-corrected chi connectivity index (χ4v) is 4.74. The van der Waals surface area contributed by atoms with E-state index in [9.17, 15) is 4.79 Å². The quantitative estimate of drug-likeness (QED) is 0.924. The first-order chi connectivity index (χ1) is 10.6. The van der Waals surface area contributed by atoms with E-state index in [4.69, 9.17) is 0 Å². The van der Waals surface area contributed by atoms with Gasteiger partial charge >= 0.3 is 0 Å². The lowest BCUT2D eigenvalue weighted by molar-refractivity contribution is -0.136. The van der Waals surface area contributed by atoms with Gasteiger partial charge in [-0.25, -0.2) is 4.98 Å². The van der Waals surface area contributed by atoms with E-state index in [1.54, 1.807) is 11.3 Å². The van der Waals surface area contributed by atoms with E-state index in [1.165, 1.54) is 32.1 Å². The van der Waals surface area contributed by atoms with E-state index >= 15 is 0 Å². The Labute approximate surface area is 137 Å². The zero-order valence-corrected chi connectivity index (χ0v) is 14.5. The van der Waals surface area contributed by atoms with Crippen LogP contribution >= 0.6 is 11.3 Å². The number of thiazole rings is 1. The summed E-state index contributed by atoms with van der Waals surface area (Å²) in [6, 6.07) is 0.00704. The van der Waals surface area contributed by atoms with Crippen LogP contribution in [0.1, 0.15) is 68.6 Å². The van der Waals surface area contributed by atoms with Crippen LogP contribution in [0.4, 0.5) is 0 Å². The summed E-state index contributed by atoms with van der Waals surface area (Å²) in [5.41, 5.74) is 0.781. The van der Waals surface area contributed by atoms with Gasteiger partial charge in [0.25, 0.3) is 0 Å². The molecule has 1 saturated carbocycles. The van der Waals surface area contributed by atoms with E-state index in [1.807, 2.05) is 6.92 Å². The summed E-state index contributed by atoms with van der Waals surface area (Å²) in [5, 5.41) is 6.33. The third kappa shape index (κ3) is 3.06. The SMILES string of the molecule is Cc1csc([C@@H](C)NC(=O)C2(N3CCCC3)CCCCC2)n1. The number of aromatic nitrogens is 1. The van der Waals surface area contributed by atoms with Crippen LogP contribution in [0.25, 0.3) is 0 Å². The van der Waals surface area contributed by atoms with Crippen molar-refractivity contribution in [2.75, 3.05) is 13.1 Å². The van der Waals surface area contributed by atoms with Gasteiger partial charge in [0.1, 0.15) is 10.5 Å². The van der Waals surface area contributed by atoms with Gasteiger partial charge < -0.3 is 5.32 Å². The molecular formula is C17H27N3OS. The van der Waals surface area contributed by atoms with Crippen LogP contribution in [-0.2, 0) is 4.79 Å². The van der Waals surface area contributed by atoms with Crippen molar-refractivity contribution in [2.24, 2.45) is 0 Å². The van der Waals surface area contributed by atoms with Crippen molar-refractivity contribution in [3.05, 3.63) is 16.1 Å². The van der Waals surface area contributed by atoms with Crippen molar-refractivity contribution in [3.63, 3.8) is 0 Å². The summed E-state index contributed by atoms with van der Waals surface area (Å²) in [6.07, 6.45) is 8.12. The molecule has 0 unspecified atom stereocenters. The lowest BCUT2D eigenvalue weighted by Crippen LogP contribution is -2.59. The predicted octanol–water partition coefficient (Wildman–Crippen LogP) is 3.43. The maximum Gasteiger partial charge on any atom is 0.241 e. The topological polar surface area (TPSA) is 45.2 Å². The molecule has 2 fully saturated rings. The number of nitrogens with one attached hydrogen (secondary N) is 1. The lowest BCUT2D eigenvalue weighted by Gasteiger charge is -2.43. The summed E-state index contributed by atoms with van der Waals surface area (Å²) in [5.74, 6) is 0.231. The van der Waals surface area contributed by atoms with Gasteiger partial charge in [0.15, 0.2) is 0 Å². The Morgan fingerprint density at radius 1 is 1.27 bits per heavy atom. The Hall–Kier alpha value is -0.940. The molecule has 1 atom stereocenters. The number of hydrogen-bond acceptors (Lipinski definition) is 4. The Balaban J connectivity index is 1.74. The number of carbonyl (C=O) groups excluding carboxylic acids is 1. The molecule has 2 aliphatic rings. The van der Waals surface area contributed by atoms with Crippen molar-refractivity contribution in [1.82, 2.24) is 15.2 Å². The largest absolute Gasteiger partial charge is 0.346 e. The minimum atomic E-state index is -0.255. The van der Waals surface area contributed by atoms with Crippen molar-refractivity contribution >= 4 is 17.2 Å². The fraction of sp³-hybridized carbons (Fsp3) is 0.765. The van der Waals surface area contributed by atoms with E-state index in [2.05, 4.69) is 27.5 Å². The highest BCUT2D eigenvalue weighted by atomic mass is 32.1. The van der Waals surface area contributed by atoms with Crippen molar-refractivity contribution < 1.29 is 4.79 Å². The molecule has 1 aromatic rings. The Morgan fingerprint density at radius 3 is 2.55 bits per heavy atom. The van der Waals surface area contributed by atoms with Gasteiger partial charge in [-0.3, -0.25) is 9.69 Å². The Bertz CT molecular complexity index is 516. The monoisotopic (exact) mass is 321 g/mol. The van der Waals surface area contributed by atoms with E-state index in [0.29, 0.717) is 0 Å². The highest BCUT2D eigenvalue weighted by Gasteiger charge is 2.45. The molecule has 0 spiro atoms. The maximum atomic E-state index is 13.1. The van der Waals surface area contributed by atoms with Crippen molar-refractivity contribution in [2.45, 2.75) is 70.4 Å². The average Bonchev–Trinajstić information content (AvgIpc) is 3.19. The van der Waals surface area contributed by atoms with Crippen LogP contribution in [-0.4, -0.2) is 34.4 Å². The summed E-state index contributed by atoms with van der Waals surface area (Å²) in [7, 11) is 0. The Kier molecular flexibility index (Phi) is 4.83. The molecule has 122 valence electrons. The molecule has 2 heterocycles. The van der Waals surface area contributed by atoms with E-state index in [0.717, 1.165) is 36.6 Å². The molecule has 1 aliphatic heterocycles. The van der Waals surface area contributed by atoms with Crippen LogP contribution in [0.15, 0.2) is 5.38 Å². The van der Waals surface area contributed by atoms with Crippen LogP contribution in [0.2, 0.25) is 0 Å². The van der Waals surface area contributed by atoms with E-state index in [-0.39, 0.29) is 17.5 Å². The van der Waals surface area contributed by atoms with Gasteiger partial charge in [-0.1, -0.05) is 19.3 Å². The van der Waals surface area contributed by atoms with Crippen LogP contribution < -0.4 is 5.32 Å². The number of nitrogens with zero attached hydrogens (tertiary/aromatic N) is 2. The molecule has 1 aliphatic carbocycles. The maximum absolute atomic E-state index is 13.1. The third-order valence-corrected chi connectivity index (χ3v) is 6.31. The summed E-state index contributed by atoms with van der Waals surface area (Å²) in [6.45, 7) is 6.22. The smallest absolute Gasteiger partial charge is 0.241 e. The molecule has 22 heavy (non-hydrogen) atoms. The normalized spacial score (nSPS) is 23.4. The number of hydrogen-bond donors (Lipinski definition) is 1. The van der Waals surface area contributed by atoms with Crippen molar-refractivity contribution in [1.29, 1.82) is 0 Å². The van der Waals surface area contributed by atoms with Crippen LogP contribution in [0, 0.1) is 6.92 Å². The molecular weight excluding hydrogens is 294 g/mol. The summed E-state index contributed by atoms with van der Waals surface area (Å²) >= 11 is 1.64.